The van der Waals surface area contributed by atoms with Crippen molar-refractivity contribution >= 4 is 17.7 Å². The molecule has 3 rings (SSSR count). The van der Waals surface area contributed by atoms with E-state index in [2.05, 4.69) is 20.8 Å². The molecule has 0 saturated carbocycles. The first-order chi connectivity index (χ1) is 9.83. The number of nitrogens with zero attached hydrogens (tertiary/aromatic N) is 1. The van der Waals surface area contributed by atoms with Gasteiger partial charge in [0.05, 0.1) is 11.7 Å². The number of aromatic amines is 1. The molecule has 6 heteroatoms. The minimum Gasteiger partial charge on any atom is -0.351 e. The molecule has 1 saturated heterocycles. The van der Waals surface area contributed by atoms with E-state index >= 15 is 0 Å². The van der Waals surface area contributed by atoms with Gasteiger partial charge < -0.3 is 5.32 Å². The molecule has 1 aromatic heterocycles. The lowest BCUT2D eigenvalue weighted by Crippen LogP contribution is -2.41. The van der Waals surface area contributed by atoms with Crippen LogP contribution in [0.2, 0.25) is 0 Å². The van der Waals surface area contributed by atoms with Crippen LogP contribution in [-0.2, 0) is 11.3 Å². The molecule has 5 nitrogen and oxygen atoms in total. The maximum Gasteiger partial charge on any atom is 0.238 e. The summed E-state index contributed by atoms with van der Waals surface area (Å²) in [5.41, 5.74) is 3.17. The Kier molecular flexibility index (Phi) is 4.03. The van der Waals surface area contributed by atoms with Crippen LogP contribution in [0.3, 0.4) is 0 Å². The third-order valence-corrected chi connectivity index (χ3v) is 4.21. The first kappa shape index (κ1) is 13.2. The minimum absolute atomic E-state index is 0.0516. The van der Waals surface area contributed by atoms with Crippen LogP contribution in [0.4, 0.5) is 0 Å². The number of thioether (sulfide) groups is 1. The van der Waals surface area contributed by atoms with Crippen molar-refractivity contribution in [2.24, 2.45) is 0 Å². The standard InChI is InChI=1S/C14H16N4OS/c19-14(13-8-20-9-16-13)15-7-10-1-3-11(4-2-10)12-5-6-17-18-12/h1-6,13,16H,7-9H2,(H,15,19)(H,17,18). The Morgan fingerprint density at radius 3 is 2.85 bits per heavy atom. The molecule has 1 amide bonds. The van der Waals surface area contributed by atoms with E-state index in [1.165, 1.54) is 0 Å². The highest BCUT2D eigenvalue weighted by Gasteiger charge is 2.21. The van der Waals surface area contributed by atoms with Crippen molar-refractivity contribution in [2.45, 2.75) is 12.6 Å². The fourth-order valence-corrected chi connectivity index (χ4v) is 3.04. The Bertz CT molecular complexity index is 561. The molecule has 0 bridgehead atoms. The predicted octanol–water partition coefficient (Wildman–Crippen LogP) is 1.36. The van der Waals surface area contributed by atoms with E-state index < -0.39 is 0 Å². The summed E-state index contributed by atoms with van der Waals surface area (Å²) in [5, 5.41) is 13.0. The van der Waals surface area contributed by atoms with Crippen molar-refractivity contribution in [2.75, 3.05) is 11.6 Å². The third-order valence-electron chi connectivity index (χ3n) is 3.27. The van der Waals surface area contributed by atoms with Gasteiger partial charge in [-0.1, -0.05) is 24.3 Å². The van der Waals surface area contributed by atoms with Gasteiger partial charge in [0.15, 0.2) is 0 Å². The number of hydrogen-bond donors (Lipinski definition) is 3. The molecule has 0 radical (unpaired) electrons. The molecule has 1 aromatic carbocycles. The fraction of sp³-hybridized carbons (Fsp3) is 0.286. The van der Waals surface area contributed by atoms with E-state index in [-0.39, 0.29) is 11.9 Å². The molecular weight excluding hydrogens is 272 g/mol. The lowest BCUT2D eigenvalue weighted by Gasteiger charge is -2.10. The number of nitrogens with one attached hydrogen (secondary N) is 3. The third kappa shape index (κ3) is 3.02. The van der Waals surface area contributed by atoms with Crippen LogP contribution < -0.4 is 10.6 Å². The van der Waals surface area contributed by atoms with Crippen LogP contribution in [0, 0.1) is 0 Å². The average Bonchev–Trinajstić information content (AvgIpc) is 3.18. The number of benzene rings is 1. The molecule has 1 atom stereocenters. The van der Waals surface area contributed by atoms with Crippen LogP contribution >= 0.6 is 11.8 Å². The summed E-state index contributed by atoms with van der Waals surface area (Å²) in [7, 11) is 0. The van der Waals surface area contributed by atoms with E-state index in [0.717, 1.165) is 28.5 Å². The van der Waals surface area contributed by atoms with Crippen LogP contribution in [0.25, 0.3) is 11.3 Å². The van der Waals surface area contributed by atoms with Gasteiger partial charge in [0.2, 0.25) is 5.91 Å². The summed E-state index contributed by atoms with van der Waals surface area (Å²) in [6, 6.07) is 9.97. The Balaban J connectivity index is 1.57. The summed E-state index contributed by atoms with van der Waals surface area (Å²) in [4.78, 5) is 11.9. The summed E-state index contributed by atoms with van der Waals surface area (Å²) in [6.07, 6.45) is 1.73. The van der Waals surface area contributed by atoms with E-state index in [9.17, 15) is 4.79 Å². The molecule has 1 unspecified atom stereocenters. The second kappa shape index (κ2) is 6.11. The van der Waals surface area contributed by atoms with Gasteiger partial charge in [0.25, 0.3) is 0 Å². The normalized spacial score (nSPS) is 18.1. The Labute approximate surface area is 121 Å². The molecule has 20 heavy (non-hydrogen) atoms. The van der Waals surface area contributed by atoms with Gasteiger partial charge in [-0.05, 0) is 17.2 Å². The first-order valence-corrected chi connectivity index (χ1v) is 7.66. The molecule has 1 aliphatic heterocycles. The van der Waals surface area contributed by atoms with Crippen LogP contribution in [-0.4, -0.2) is 33.8 Å². The SMILES string of the molecule is O=C(NCc1ccc(-c2ccn[nH]2)cc1)C1CSCN1. The Hall–Kier alpha value is -1.79. The highest BCUT2D eigenvalue weighted by molar-refractivity contribution is 7.99. The molecule has 1 fully saturated rings. The molecular formula is C14H16N4OS. The number of rotatable bonds is 4. The van der Waals surface area contributed by atoms with E-state index in [0.29, 0.717) is 6.54 Å². The van der Waals surface area contributed by atoms with Gasteiger partial charge in [-0.15, -0.1) is 11.8 Å². The molecule has 104 valence electrons. The second-order valence-corrected chi connectivity index (χ2v) is 5.69. The first-order valence-electron chi connectivity index (χ1n) is 6.50. The summed E-state index contributed by atoms with van der Waals surface area (Å²) in [6.45, 7) is 0.560. The van der Waals surface area contributed by atoms with Crippen molar-refractivity contribution < 1.29 is 4.79 Å². The largest absolute Gasteiger partial charge is 0.351 e. The van der Waals surface area contributed by atoms with Gasteiger partial charge in [0, 0.05) is 24.4 Å². The monoisotopic (exact) mass is 288 g/mol. The molecule has 0 aliphatic carbocycles. The number of H-pyrrole nitrogens is 1. The minimum atomic E-state index is -0.0516. The zero-order chi connectivity index (χ0) is 13.8. The van der Waals surface area contributed by atoms with Gasteiger partial charge in [-0.2, -0.15) is 5.10 Å². The maximum absolute atomic E-state index is 11.9. The quantitative estimate of drug-likeness (QED) is 0.794. The second-order valence-electron chi connectivity index (χ2n) is 4.66. The van der Waals surface area contributed by atoms with Gasteiger partial charge in [-0.25, -0.2) is 0 Å². The van der Waals surface area contributed by atoms with Crippen LogP contribution in [0.1, 0.15) is 5.56 Å². The maximum atomic E-state index is 11.9. The molecule has 2 aromatic rings. The summed E-state index contributed by atoms with van der Waals surface area (Å²) < 4.78 is 0. The van der Waals surface area contributed by atoms with Crippen molar-refractivity contribution in [3.05, 3.63) is 42.1 Å². The van der Waals surface area contributed by atoms with E-state index in [4.69, 9.17) is 0 Å². The van der Waals surface area contributed by atoms with E-state index in [1.807, 2.05) is 30.3 Å². The van der Waals surface area contributed by atoms with Crippen molar-refractivity contribution in [3.63, 3.8) is 0 Å². The fourth-order valence-electron chi connectivity index (χ4n) is 2.09. The highest BCUT2D eigenvalue weighted by Crippen LogP contribution is 2.16. The zero-order valence-electron chi connectivity index (χ0n) is 10.9. The number of hydrogen-bond acceptors (Lipinski definition) is 4. The van der Waals surface area contributed by atoms with E-state index in [1.54, 1.807) is 18.0 Å². The predicted molar refractivity (Wildman–Crippen MR) is 80.1 cm³/mol. The number of carbonyl (C=O) groups excluding carboxylic acids is 1. The van der Waals surface area contributed by atoms with Crippen molar-refractivity contribution in [1.82, 2.24) is 20.8 Å². The summed E-state index contributed by atoms with van der Waals surface area (Å²) >= 11 is 1.75. The Morgan fingerprint density at radius 1 is 1.35 bits per heavy atom. The Morgan fingerprint density at radius 2 is 2.20 bits per heavy atom. The van der Waals surface area contributed by atoms with Gasteiger partial charge in [-0.3, -0.25) is 15.2 Å². The van der Waals surface area contributed by atoms with Crippen LogP contribution in [0.5, 0.6) is 0 Å². The molecule has 3 N–H and O–H groups in total. The van der Waals surface area contributed by atoms with Gasteiger partial charge in [0.1, 0.15) is 0 Å². The lowest BCUT2D eigenvalue weighted by atomic mass is 10.1. The van der Waals surface area contributed by atoms with Crippen molar-refractivity contribution in [1.29, 1.82) is 0 Å². The van der Waals surface area contributed by atoms with Crippen molar-refractivity contribution in [3.8, 4) is 11.3 Å². The number of carbonyl (C=O) groups is 1. The molecule has 1 aliphatic rings. The lowest BCUT2D eigenvalue weighted by molar-refractivity contribution is -0.122. The van der Waals surface area contributed by atoms with Gasteiger partial charge >= 0.3 is 0 Å². The summed E-state index contributed by atoms with van der Waals surface area (Å²) in [5.74, 6) is 1.79. The zero-order valence-corrected chi connectivity index (χ0v) is 11.7. The molecule has 2 heterocycles. The van der Waals surface area contributed by atoms with Crippen LogP contribution in [0.15, 0.2) is 36.5 Å². The molecule has 0 spiro atoms. The average molecular weight is 288 g/mol. The topological polar surface area (TPSA) is 69.8 Å². The number of amides is 1. The highest BCUT2D eigenvalue weighted by atomic mass is 32.2. The smallest absolute Gasteiger partial charge is 0.238 e. The number of aromatic nitrogens is 2.